The maximum Gasteiger partial charge on any atom is 0.281 e. The monoisotopic (exact) mass is 1750 g/mol. The third kappa shape index (κ3) is 19.9. The van der Waals surface area contributed by atoms with Crippen LogP contribution in [0, 0.1) is 17.8 Å². The van der Waals surface area contributed by atoms with Crippen LogP contribution >= 0.6 is 59.4 Å². The molecule has 9 aromatic heterocycles. The van der Waals surface area contributed by atoms with Crippen LogP contribution in [0.2, 0.25) is 5.15 Å². The van der Waals surface area contributed by atoms with E-state index in [1.165, 1.54) is 30.3 Å². The minimum atomic E-state index is -4.27. The Hall–Kier alpha value is -8.70. The molecule has 0 aliphatic carbocycles. The highest BCUT2D eigenvalue weighted by atomic mass is 79.9. The number of hydrogen-bond donors (Lipinski definition) is 7. The van der Waals surface area contributed by atoms with Crippen molar-refractivity contribution in [1.29, 1.82) is 0 Å². The van der Waals surface area contributed by atoms with Gasteiger partial charge in [0.25, 0.3) is 47.8 Å². The molecule has 3 amide bonds. The summed E-state index contributed by atoms with van der Waals surface area (Å²) in [5.41, 5.74) is 2.47. The molecule has 14 heterocycles. The molecule has 9 aromatic rings. The molecule has 572 valence electrons. The van der Waals surface area contributed by atoms with Crippen LogP contribution in [0.15, 0.2) is 193 Å². The third-order valence-electron chi connectivity index (χ3n) is 19.7. The molecule has 1 unspecified atom stereocenters. The van der Waals surface area contributed by atoms with Crippen molar-refractivity contribution < 1.29 is 39.6 Å². The first-order valence-corrected chi connectivity index (χ1v) is 42.6. The molecular formula is C75H82Br3ClN18O9S3. The van der Waals surface area contributed by atoms with E-state index in [1.54, 1.807) is 79.3 Å². The zero-order valence-electron chi connectivity index (χ0n) is 60.4. The van der Waals surface area contributed by atoms with E-state index in [1.807, 2.05) is 59.3 Å². The Balaban J connectivity index is 0.000000152. The summed E-state index contributed by atoms with van der Waals surface area (Å²) < 4.78 is 86.5. The zero-order valence-corrected chi connectivity index (χ0v) is 68.3. The molecule has 6 atom stereocenters. The fourth-order valence-corrected chi connectivity index (χ4v) is 18.6. The molecule has 7 N–H and O–H groups in total. The lowest BCUT2D eigenvalue weighted by Crippen LogP contribution is -2.41. The smallest absolute Gasteiger partial charge is 0.281 e. The summed E-state index contributed by atoms with van der Waals surface area (Å²) in [6.07, 6.45) is 13.3. The Morgan fingerprint density at radius 1 is 0.578 bits per heavy atom. The van der Waals surface area contributed by atoms with Gasteiger partial charge in [0.1, 0.15) is 48.1 Å². The standard InChI is InChI=1S/C25H28BrClN6O3S.2C25H27BrN6O3S/c1-25(2)14-16(15-29-25)9-11-19(18-6-3-4-13-28-18)30-21-7-5-8-22(32-21)37(35,36)33-24(34)17-10-12-20(26)31-23(17)27;2*1-25(2)14-16-9-11-19(18-6-3-4-13-27-18)28-21-7-5-8-22(30-21)36(34,35)31-24(33)17-10-12-20(26)29-23(17)32(25)15-16/h3-8,10,12-13,16,19,29H,9,11,14-15H2,1-2H3,(H,30,32)(H,33,34);2*3-8,10,12-13,16,19H,9,11,14-15H2,1-2H3,(H,28,30)(H,31,33)/t16-,19?;16-,19+;16-,19-/m100/s1. The van der Waals surface area contributed by atoms with Gasteiger partial charge in [0.2, 0.25) is 0 Å². The lowest BCUT2D eigenvalue weighted by molar-refractivity contribution is 0.0972. The SMILES string of the molecule is CC1(C)C[C@@H](CCC(Nc2cccc(S(=O)(=O)NC(=O)c3ccc(Br)nc3Cl)n2)c2ccccn2)CN1.CC1(C)C[C@@H]2CC[C@@H](c3ccccn3)Nc3cccc(n3)S(=O)(=O)NC(=O)c3ccc(Br)nc3N1C2.CC1(C)C[C@@H]2CC[C@H](c3ccccn3)Nc3cccc(n3)S(=O)(=O)NC(=O)c3ccc(Br)nc3N1C2. The number of carbonyl (C=O) groups excluding carboxylic acids is 3. The largest absolute Gasteiger partial charge is 0.362 e. The van der Waals surface area contributed by atoms with E-state index in [9.17, 15) is 39.6 Å². The van der Waals surface area contributed by atoms with Crippen LogP contribution in [0.4, 0.5) is 29.1 Å². The zero-order chi connectivity index (χ0) is 77.6. The summed E-state index contributed by atoms with van der Waals surface area (Å²) >= 11 is 16.0. The number of anilines is 5. The van der Waals surface area contributed by atoms with Crippen molar-refractivity contribution in [3.05, 3.63) is 217 Å². The van der Waals surface area contributed by atoms with Crippen LogP contribution in [0.5, 0.6) is 0 Å². The van der Waals surface area contributed by atoms with Crippen molar-refractivity contribution in [1.82, 2.24) is 64.3 Å². The van der Waals surface area contributed by atoms with Crippen molar-refractivity contribution in [2.24, 2.45) is 17.8 Å². The highest BCUT2D eigenvalue weighted by Crippen LogP contribution is 2.44. The molecule has 0 spiro atoms. The van der Waals surface area contributed by atoms with Gasteiger partial charge in [-0.15, -0.1) is 0 Å². The van der Waals surface area contributed by atoms with Gasteiger partial charge < -0.3 is 31.1 Å². The Kier molecular flexibility index (Phi) is 24.5. The summed E-state index contributed by atoms with van der Waals surface area (Å²) in [6, 6.07) is 40.0. The Morgan fingerprint density at radius 2 is 1.07 bits per heavy atom. The summed E-state index contributed by atoms with van der Waals surface area (Å²) in [5, 5.41) is 12.7. The van der Waals surface area contributed by atoms with E-state index in [0.29, 0.717) is 73.7 Å². The number of fused-ring (bicyclic) bond motifs is 12. The Morgan fingerprint density at radius 3 is 1.55 bits per heavy atom. The van der Waals surface area contributed by atoms with Gasteiger partial charge in [-0.1, -0.05) is 48.0 Å². The van der Waals surface area contributed by atoms with E-state index >= 15 is 0 Å². The average Bonchev–Trinajstić information content (AvgIpc) is 1.72. The molecule has 5 aliphatic heterocycles. The van der Waals surface area contributed by atoms with Gasteiger partial charge in [-0.05, 0) is 281 Å². The predicted molar refractivity (Wildman–Crippen MR) is 426 cm³/mol. The summed E-state index contributed by atoms with van der Waals surface area (Å²) in [7, 11) is -12.7. The maximum absolute atomic E-state index is 13.3. The number of aromatic nitrogens is 9. The van der Waals surface area contributed by atoms with Gasteiger partial charge in [-0.2, -0.15) is 25.3 Å². The van der Waals surface area contributed by atoms with Crippen molar-refractivity contribution in [3.63, 3.8) is 0 Å². The minimum absolute atomic E-state index is 0.0671. The topological polar surface area (TPSA) is 360 Å². The predicted octanol–water partition coefficient (Wildman–Crippen LogP) is 13.3. The lowest BCUT2D eigenvalue weighted by Gasteiger charge is -2.33. The van der Waals surface area contributed by atoms with Gasteiger partial charge in [-0.25, -0.2) is 44.1 Å². The molecule has 5 aliphatic rings. The van der Waals surface area contributed by atoms with Crippen molar-refractivity contribution in [2.45, 2.75) is 149 Å². The average molecular weight is 1750 g/mol. The molecule has 3 saturated heterocycles. The number of nitrogens with zero attached hydrogens (tertiary/aromatic N) is 11. The third-order valence-corrected chi connectivity index (χ3v) is 25.0. The minimum Gasteiger partial charge on any atom is -0.362 e. The van der Waals surface area contributed by atoms with Crippen LogP contribution in [-0.2, 0) is 30.1 Å². The second-order valence-corrected chi connectivity index (χ2v) is 37.0. The highest BCUT2D eigenvalue weighted by Gasteiger charge is 2.44. The second-order valence-electron chi connectivity index (χ2n) is 29.3. The number of rotatable bonds is 11. The van der Waals surface area contributed by atoms with Gasteiger partial charge in [0, 0.05) is 48.3 Å². The van der Waals surface area contributed by atoms with E-state index in [4.69, 9.17) is 11.6 Å². The van der Waals surface area contributed by atoms with Gasteiger partial charge in [0.05, 0.1) is 51.9 Å². The molecule has 109 heavy (non-hydrogen) atoms. The van der Waals surface area contributed by atoms with Gasteiger partial charge in [-0.3, -0.25) is 29.3 Å². The molecule has 34 heteroatoms. The highest BCUT2D eigenvalue weighted by molar-refractivity contribution is 9.11. The van der Waals surface area contributed by atoms with E-state index in [-0.39, 0.29) is 71.7 Å². The summed E-state index contributed by atoms with van der Waals surface area (Å²) in [5.74, 6) is 0.917. The van der Waals surface area contributed by atoms with Crippen molar-refractivity contribution >= 4 is 136 Å². The Bertz CT molecular complexity index is 4970. The lowest BCUT2D eigenvalue weighted by atomic mass is 9.91. The number of hydrogen-bond acceptors (Lipinski definition) is 24. The number of halogens is 4. The molecular weight excluding hydrogens is 1670 g/mol. The Labute approximate surface area is 664 Å². The molecule has 27 nitrogen and oxygen atoms in total. The van der Waals surface area contributed by atoms with Gasteiger partial charge >= 0.3 is 0 Å². The van der Waals surface area contributed by atoms with E-state index < -0.39 is 47.8 Å². The number of carbonyl (C=O) groups is 3. The molecule has 0 aromatic carbocycles. The van der Waals surface area contributed by atoms with Crippen LogP contribution < -0.4 is 45.2 Å². The molecule has 0 radical (unpaired) electrons. The molecule has 3 fully saturated rings. The number of pyridine rings is 9. The number of sulfonamides is 3. The molecule has 8 bridgehead atoms. The second kappa shape index (κ2) is 33.5. The van der Waals surface area contributed by atoms with E-state index in [2.05, 4.69) is 175 Å². The number of nitrogens with one attached hydrogen (secondary N) is 7. The molecule has 0 saturated carbocycles. The van der Waals surface area contributed by atoms with Gasteiger partial charge in [0.15, 0.2) is 15.1 Å². The quantitative estimate of drug-likeness (QED) is 0.0591. The van der Waals surface area contributed by atoms with Crippen molar-refractivity contribution in [3.8, 4) is 0 Å². The van der Waals surface area contributed by atoms with Crippen LogP contribution in [0.3, 0.4) is 0 Å². The summed E-state index contributed by atoms with van der Waals surface area (Å²) in [4.78, 5) is 83.0. The van der Waals surface area contributed by atoms with Crippen molar-refractivity contribution in [2.75, 3.05) is 45.4 Å². The first-order chi connectivity index (χ1) is 51.8. The van der Waals surface area contributed by atoms with Crippen LogP contribution in [0.1, 0.15) is 166 Å². The fourth-order valence-electron chi connectivity index (χ4n) is 14.6. The fraction of sp³-hybridized carbons (Fsp3) is 0.360. The summed E-state index contributed by atoms with van der Waals surface area (Å²) in [6.45, 7) is 15.3. The molecule has 14 rings (SSSR count). The maximum atomic E-state index is 13.3. The van der Waals surface area contributed by atoms with Crippen LogP contribution in [0.25, 0.3) is 0 Å². The van der Waals surface area contributed by atoms with E-state index in [0.717, 1.165) is 81.4 Å². The normalized spacial score (nSPS) is 21.2. The van der Waals surface area contributed by atoms with Crippen LogP contribution in [-0.4, -0.2) is 124 Å². The number of amides is 3. The first kappa shape index (κ1) is 79.8. The first-order valence-electron chi connectivity index (χ1n) is 35.4.